The van der Waals surface area contributed by atoms with E-state index in [4.69, 9.17) is 4.74 Å². The smallest absolute Gasteiger partial charge is 0.119 e. The lowest BCUT2D eigenvalue weighted by molar-refractivity contribution is 0.0274. The van der Waals surface area contributed by atoms with Crippen LogP contribution < -0.4 is 4.74 Å². The lowest BCUT2D eigenvalue weighted by Gasteiger charge is -2.43. The molecule has 1 saturated carbocycles. The average Bonchev–Trinajstić information content (AvgIpc) is 2.99. The van der Waals surface area contributed by atoms with Crippen molar-refractivity contribution >= 4 is 0 Å². The van der Waals surface area contributed by atoms with Crippen molar-refractivity contribution in [1.82, 2.24) is 9.88 Å². The summed E-state index contributed by atoms with van der Waals surface area (Å²) in [4.78, 5) is 7.18. The number of fused-ring (bicyclic) bond motifs is 1. The summed E-state index contributed by atoms with van der Waals surface area (Å²) in [6, 6.07) is 14.0. The van der Waals surface area contributed by atoms with Gasteiger partial charge in [-0.05, 0) is 100 Å². The molecule has 1 aliphatic heterocycles. The van der Waals surface area contributed by atoms with Gasteiger partial charge in [0.15, 0.2) is 0 Å². The van der Waals surface area contributed by atoms with Gasteiger partial charge in [-0.1, -0.05) is 6.92 Å². The maximum atomic E-state index is 6.40. The van der Waals surface area contributed by atoms with E-state index >= 15 is 0 Å². The average molecular weight is 365 g/mol. The standard InChI is InChI=1S/C24H32N2O/c1-17(2)26-14-12-24(4)16-21(9-10-23(24)26)27-20-7-5-19(6-8-20)22-15-18(3)11-13-25-22/h5-8,11,13,15,17,21,23H,9-10,12,14,16H2,1-4H3. The first-order chi connectivity index (χ1) is 12.9. The molecule has 0 N–H and O–H groups in total. The van der Waals surface area contributed by atoms with Gasteiger partial charge in [-0.15, -0.1) is 0 Å². The number of hydrogen-bond acceptors (Lipinski definition) is 3. The Morgan fingerprint density at radius 2 is 1.93 bits per heavy atom. The number of aryl methyl sites for hydroxylation is 1. The molecule has 0 radical (unpaired) electrons. The molecule has 0 bridgehead atoms. The summed E-state index contributed by atoms with van der Waals surface area (Å²) in [5.74, 6) is 0.983. The Morgan fingerprint density at radius 3 is 2.63 bits per heavy atom. The van der Waals surface area contributed by atoms with Gasteiger partial charge < -0.3 is 4.74 Å². The van der Waals surface area contributed by atoms with Crippen molar-refractivity contribution in [2.45, 2.75) is 71.6 Å². The van der Waals surface area contributed by atoms with Crippen molar-refractivity contribution in [2.24, 2.45) is 5.41 Å². The van der Waals surface area contributed by atoms with Crippen LogP contribution in [-0.2, 0) is 0 Å². The molecule has 4 rings (SSSR count). The van der Waals surface area contributed by atoms with E-state index in [1.54, 1.807) is 0 Å². The van der Waals surface area contributed by atoms with Crippen LogP contribution in [0.1, 0.15) is 52.0 Å². The van der Waals surface area contributed by atoms with E-state index in [1.807, 2.05) is 12.3 Å². The van der Waals surface area contributed by atoms with Crippen LogP contribution in [0.15, 0.2) is 42.6 Å². The molecule has 1 saturated heterocycles. The van der Waals surface area contributed by atoms with E-state index in [0.29, 0.717) is 17.6 Å². The summed E-state index contributed by atoms with van der Waals surface area (Å²) in [6.45, 7) is 10.5. The van der Waals surface area contributed by atoms with Gasteiger partial charge in [0.05, 0.1) is 11.8 Å². The van der Waals surface area contributed by atoms with Crippen LogP contribution in [0.3, 0.4) is 0 Å². The Labute approximate surface area is 163 Å². The molecule has 2 aliphatic rings. The third kappa shape index (κ3) is 3.75. The Balaban J connectivity index is 1.42. The number of rotatable bonds is 4. The number of aromatic nitrogens is 1. The fourth-order valence-corrected chi connectivity index (χ4v) is 5.14. The van der Waals surface area contributed by atoms with E-state index in [2.05, 4.69) is 67.9 Å². The number of pyridine rings is 1. The van der Waals surface area contributed by atoms with Crippen LogP contribution in [-0.4, -0.2) is 34.6 Å². The van der Waals surface area contributed by atoms with Crippen LogP contribution in [0.5, 0.6) is 5.75 Å². The second kappa shape index (κ2) is 7.27. The molecule has 0 amide bonds. The summed E-state index contributed by atoms with van der Waals surface area (Å²) < 4.78 is 6.40. The molecule has 1 aromatic heterocycles. The molecule has 2 fully saturated rings. The van der Waals surface area contributed by atoms with E-state index in [0.717, 1.165) is 29.5 Å². The van der Waals surface area contributed by atoms with Gasteiger partial charge in [0, 0.05) is 23.8 Å². The van der Waals surface area contributed by atoms with Crippen LogP contribution in [0, 0.1) is 12.3 Å². The third-order valence-corrected chi connectivity index (χ3v) is 6.63. The molecule has 0 spiro atoms. The minimum absolute atomic E-state index is 0.335. The van der Waals surface area contributed by atoms with Crippen molar-refractivity contribution in [3.8, 4) is 17.0 Å². The summed E-state index contributed by atoms with van der Waals surface area (Å²) in [5.41, 5.74) is 3.80. The predicted molar refractivity (Wildman–Crippen MR) is 111 cm³/mol. The fraction of sp³-hybridized carbons (Fsp3) is 0.542. The molecule has 144 valence electrons. The van der Waals surface area contributed by atoms with Gasteiger partial charge in [0.2, 0.25) is 0 Å². The first kappa shape index (κ1) is 18.5. The second-order valence-corrected chi connectivity index (χ2v) is 9.02. The summed E-state index contributed by atoms with van der Waals surface area (Å²) in [7, 11) is 0. The normalized spacial score (nSPS) is 28.3. The fourth-order valence-electron chi connectivity index (χ4n) is 5.14. The monoisotopic (exact) mass is 364 g/mol. The van der Waals surface area contributed by atoms with Crippen LogP contribution in [0.25, 0.3) is 11.3 Å². The number of hydrogen-bond donors (Lipinski definition) is 0. The van der Waals surface area contributed by atoms with E-state index in [-0.39, 0.29) is 0 Å². The Hall–Kier alpha value is -1.87. The zero-order chi connectivity index (χ0) is 19.0. The summed E-state index contributed by atoms with van der Waals surface area (Å²) >= 11 is 0. The number of nitrogens with zero attached hydrogens (tertiary/aromatic N) is 2. The van der Waals surface area contributed by atoms with E-state index < -0.39 is 0 Å². The Kier molecular flexibility index (Phi) is 4.98. The van der Waals surface area contributed by atoms with Crippen LogP contribution in [0.4, 0.5) is 0 Å². The number of likely N-dealkylation sites (tertiary alicyclic amines) is 1. The highest BCUT2D eigenvalue weighted by atomic mass is 16.5. The van der Waals surface area contributed by atoms with Gasteiger partial charge >= 0.3 is 0 Å². The van der Waals surface area contributed by atoms with E-state index in [9.17, 15) is 0 Å². The summed E-state index contributed by atoms with van der Waals surface area (Å²) in [6.07, 6.45) is 7.09. The molecule has 3 atom stereocenters. The molecule has 3 nitrogen and oxygen atoms in total. The molecular weight excluding hydrogens is 332 g/mol. The second-order valence-electron chi connectivity index (χ2n) is 9.02. The SMILES string of the molecule is Cc1ccnc(-c2ccc(OC3CCC4N(C(C)C)CCC4(C)C3)cc2)c1. The van der Waals surface area contributed by atoms with Crippen molar-refractivity contribution < 1.29 is 4.74 Å². The quantitative estimate of drug-likeness (QED) is 0.718. The van der Waals surface area contributed by atoms with Gasteiger partial charge in [0.25, 0.3) is 0 Å². The van der Waals surface area contributed by atoms with Gasteiger partial charge in [-0.2, -0.15) is 0 Å². The van der Waals surface area contributed by atoms with Crippen molar-refractivity contribution in [1.29, 1.82) is 0 Å². The first-order valence-corrected chi connectivity index (χ1v) is 10.4. The van der Waals surface area contributed by atoms with Gasteiger partial charge in [-0.25, -0.2) is 0 Å². The molecule has 1 aliphatic carbocycles. The maximum Gasteiger partial charge on any atom is 0.119 e. The molecule has 27 heavy (non-hydrogen) atoms. The highest BCUT2D eigenvalue weighted by Gasteiger charge is 2.48. The third-order valence-electron chi connectivity index (χ3n) is 6.63. The minimum atomic E-state index is 0.335. The predicted octanol–water partition coefficient (Wildman–Crippen LogP) is 5.48. The van der Waals surface area contributed by atoms with Gasteiger partial charge in [0.1, 0.15) is 5.75 Å². The zero-order valence-electron chi connectivity index (χ0n) is 17.1. The Morgan fingerprint density at radius 1 is 1.15 bits per heavy atom. The molecule has 2 aromatic rings. The first-order valence-electron chi connectivity index (χ1n) is 10.4. The molecule has 2 heterocycles. The zero-order valence-corrected chi connectivity index (χ0v) is 17.1. The van der Waals surface area contributed by atoms with Crippen molar-refractivity contribution in [3.63, 3.8) is 0 Å². The van der Waals surface area contributed by atoms with Gasteiger partial charge in [-0.3, -0.25) is 9.88 Å². The molecular formula is C24H32N2O. The lowest BCUT2D eigenvalue weighted by Crippen LogP contribution is -2.47. The lowest BCUT2D eigenvalue weighted by atomic mass is 9.70. The number of benzene rings is 1. The topological polar surface area (TPSA) is 25.4 Å². The molecule has 1 aromatic carbocycles. The largest absolute Gasteiger partial charge is 0.490 e. The summed E-state index contributed by atoms with van der Waals surface area (Å²) in [5, 5.41) is 0. The maximum absolute atomic E-state index is 6.40. The van der Waals surface area contributed by atoms with Crippen molar-refractivity contribution in [2.75, 3.05) is 6.54 Å². The highest BCUT2D eigenvalue weighted by Crippen LogP contribution is 2.48. The number of ether oxygens (including phenoxy) is 1. The van der Waals surface area contributed by atoms with Crippen LogP contribution >= 0.6 is 0 Å². The van der Waals surface area contributed by atoms with Crippen molar-refractivity contribution in [3.05, 3.63) is 48.2 Å². The molecule has 3 unspecified atom stereocenters. The molecule has 3 heteroatoms. The van der Waals surface area contributed by atoms with Crippen LogP contribution in [0.2, 0.25) is 0 Å². The highest BCUT2D eigenvalue weighted by molar-refractivity contribution is 5.60. The Bertz CT molecular complexity index is 785. The minimum Gasteiger partial charge on any atom is -0.490 e. The van der Waals surface area contributed by atoms with E-state index in [1.165, 1.54) is 31.4 Å².